The molecule has 0 unspecified atom stereocenters. The van der Waals surface area contributed by atoms with Crippen LogP contribution in [0.15, 0.2) is 29.3 Å². The van der Waals surface area contributed by atoms with Gasteiger partial charge in [-0.3, -0.25) is 0 Å². The van der Waals surface area contributed by atoms with Crippen LogP contribution < -0.4 is 11.5 Å². The summed E-state index contributed by atoms with van der Waals surface area (Å²) in [6, 6.07) is 5.59. The van der Waals surface area contributed by atoms with Crippen molar-refractivity contribution < 1.29 is 9.53 Å². The summed E-state index contributed by atoms with van der Waals surface area (Å²) < 4.78 is 4.80. The van der Waals surface area contributed by atoms with Crippen LogP contribution in [-0.2, 0) is 9.53 Å². The molecule has 96 valence electrons. The molecule has 0 bridgehead atoms. The first-order chi connectivity index (χ1) is 8.52. The molecule has 5 nitrogen and oxygen atoms in total. The van der Waals surface area contributed by atoms with Crippen molar-refractivity contribution in [3.05, 3.63) is 35.4 Å². The van der Waals surface area contributed by atoms with Crippen molar-refractivity contribution in [2.45, 2.75) is 13.8 Å². The third kappa shape index (κ3) is 4.29. The van der Waals surface area contributed by atoms with Gasteiger partial charge in [0.05, 0.1) is 12.3 Å². The quantitative estimate of drug-likeness (QED) is 0.365. The molecule has 0 saturated carbocycles. The topological polar surface area (TPSA) is 90.7 Å². The van der Waals surface area contributed by atoms with Gasteiger partial charge in [-0.05, 0) is 31.6 Å². The summed E-state index contributed by atoms with van der Waals surface area (Å²) in [6.45, 7) is 4.03. The molecule has 0 aromatic heterocycles. The van der Waals surface area contributed by atoms with E-state index in [1.807, 2.05) is 25.1 Å². The number of nitrogens with two attached hydrogens (primary N) is 2. The molecular weight excluding hydrogens is 230 g/mol. The molecule has 0 heterocycles. The van der Waals surface area contributed by atoms with Gasteiger partial charge in [0.2, 0.25) is 0 Å². The molecule has 0 radical (unpaired) electrons. The smallest absolute Gasteiger partial charge is 0.330 e. The lowest BCUT2D eigenvalue weighted by Crippen LogP contribution is -2.22. The van der Waals surface area contributed by atoms with Crippen LogP contribution >= 0.6 is 0 Å². The number of esters is 1. The van der Waals surface area contributed by atoms with Gasteiger partial charge in [0.15, 0.2) is 5.96 Å². The highest BCUT2D eigenvalue weighted by molar-refractivity contribution is 5.89. The fourth-order valence-corrected chi connectivity index (χ4v) is 1.38. The number of rotatable bonds is 4. The van der Waals surface area contributed by atoms with Crippen LogP contribution in [0.3, 0.4) is 0 Å². The maximum absolute atomic E-state index is 11.2. The summed E-state index contributed by atoms with van der Waals surface area (Å²) in [6.07, 6.45) is 2.97. The Morgan fingerprint density at radius 1 is 1.44 bits per heavy atom. The largest absolute Gasteiger partial charge is 0.463 e. The Labute approximate surface area is 106 Å². The SMILES string of the molecule is CCOC(=O)/C=C/c1ccc(C)cc1N=C(N)N. The van der Waals surface area contributed by atoms with Crippen LogP contribution in [-0.4, -0.2) is 18.5 Å². The van der Waals surface area contributed by atoms with Crippen LogP contribution in [0.4, 0.5) is 5.69 Å². The number of aryl methyl sites for hydroxylation is 1. The highest BCUT2D eigenvalue weighted by Crippen LogP contribution is 2.22. The van der Waals surface area contributed by atoms with Crippen molar-refractivity contribution in [2.75, 3.05) is 6.61 Å². The Balaban J connectivity index is 3.01. The standard InChI is InChI=1S/C13H17N3O2/c1-3-18-12(17)7-6-10-5-4-9(2)8-11(10)16-13(14)15/h4-8H,3H2,1-2H3,(H4,14,15,16)/b7-6+. The number of hydrogen-bond acceptors (Lipinski definition) is 3. The van der Waals surface area contributed by atoms with E-state index < -0.39 is 5.97 Å². The molecule has 4 N–H and O–H groups in total. The lowest BCUT2D eigenvalue weighted by atomic mass is 10.1. The van der Waals surface area contributed by atoms with Crippen molar-refractivity contribution in [3.63, 3.8) is 0 Å². The number of carbonyl (C=O) groups excluding carboxylic acids is 1. The molecule has 1 rings (SSSR count). The maximum atomic E-state index is 11.2. The Morgan fingerprint density at radius 3 is 2.78 bits per heavy atom. The first kappa shape index (κ1) is 13.8. The van der Waals surface area contributed by atoms with Crippen molar-refractivity contribution in [1.82, 2.24) is 0 Å². The molecule has 0 fully saturated rings. The van der Waals surface area contributed by atoms with E-state index in [1.54, 1.807) is 13.0 Å². The average Bonchev–Trinajstić information content (AvgIpc) is 2.27. The van der Waals surface area contributed by atoms with Crippen LogP contribution in [0.2, 0.25) is 0 Å². The second-order valence-corrected chi connectivity index (χ2v) is 3.68. The van der Waals surface area contributed by atoms with Gasteiger partial charge in [0.25, 0.3) is 0 Å². The number of hydrogen-bond donors (Lipinski definition) is 2. The van der Waals surface area contributed by atoms with E-state index in [4.69, 9.17) is 16.2 Å². The van der Waals surface area contributed by atoms with Gasteiger partial charge in [-0.1, -0.05) is 12.1 Å². The van der Waals surface area contributed by atoms with Gasteiger partial charge in [-0.25, -0.2) is 9.79 Å². The molecular formula is C13H17N3O2. The van der Waals surface area contributed by atoms with E-state index in [-0.39, 0.29) is 5.96 Å². The Morgan fingerprint density at radius 2 is 2.17 bits per heavy atom. The minimum atomic E-state index is -0.395. The molecule has 18 heavy (non-hydrogen) atoms. The van der Waals surface area contributed by atoms with Crippen molar-refractivity contribution in [3.8, 4) is 0 Å². The maximum Gasteiger partial charge on any atom is 0.330 e. The van der Waals surface area contributed by atoms with E-state index in [0.29, 0.717) is 12.3 Å². The van der Waals surface area contributed by atoms with Gasteiger partial charge >= 0.3 is 5.97 Å². The van der Waals surface area contributed by atoms with E-state index in [9.17, 15) is 4.79 Å². The molecule has 0 spiro atoms. The summed E-state index contributed by atoms with van der Waals surface area (Å²) in [7, 11) is 0. The van der Waals surface area contributed by atoms with E-state index in [0.717, 1.165) is 11.1 Å². The minimum Gasteiger partial charge on any atom is -0.463 e. The van der Waals surface area contributed by atoms with Gasteiger partial charge in [-0.15, -0.1) is 0 Å². The molecule has 0 saturated heterocycles. The first-order valence-electron chi connectivity index (χ1n) is 5.58. The number of guanidine groups is 1. The molecule has 5 heteroatoms. The Hall–Kier alpha value is -2.30. The van der Waals surface area contributed by atoms with Crippen molar-refractivity contribution in [1.29, 1.82) is 0 Å². The van der Waals surface area contributed by atoms with Gasteiger partial charge in [0.1, 0.15) is 0 Å². The predicted octanol–water partition coefficient (Wildman–Crippen LogP) is 1.48. The van der Waals surface area contributed by atoms with Gasteiger partial charge in [0, 0.05) is 11.6 Å². The van der Waals surface area contributed by atoms with Crippen LogP contribution in [0, 0.1) is 6.92 Å². The lowest BCUT2D eigenvalue weighted by Gasteiger charge is -2.03. The zero-order valence-corrected chi connectivity index (χ0v) is 10.5. The van der Waals surface area contributed by atoms with E-state index >= 15 is 0 Å². The minimum absolute atomic E-state index is 0.0219. The summed E-state index contributed by atoms with van der Waals surface area (Å²) in [5.41, 5.74) is 13.1. The van der Waals surface area contributed by atoms with Gasteiger partial charge in [-0.2, -0.15) is 0 Å². The zero-order valence-electron chi connectivity index (χ0n) is 10.5. The number of benzene rings is 1. The fourth-order valence-electron chi connectivity index (χ4n) is 1.38. The highest BCUT2D eigenvalue weighted by Gasteiger charge is 2.01. The summed E-state index contributed by atoms with van der Waals surface area (Å²) in [5.74, 6) is -0.417. The second kappa shape index (κ2) is 6.44. The van der Waals surface area contributed by atoms with Crippen molar-refractivity contribution >= 4 is 23.7 Å². The Kier molecular flexibility index (Phi) is 4.92. The Bertz CT molecular complexity index is 489. The predicted molar refractivity (Wildman–Crippen MR) is 72.3 cm³/mol. The van der Waals surface area contributed by atoms with Crippen LogP contribution in [0.25, 0.3) is 6.08 Å². The average molecular weight is 247 g/mol. The number of aliphatic imine (C=N–C) groups is 1. The zero-order chi connectivity index (χ0) is 13.5. The molecule has 1 aromatic carbocycles. The molecule has 0 atom stereocenters. The third-order valence-electron chi connectivity index (χ3n) is 2.12. The number of ether oxygens (including phenoxy) is 1. The van der Waals surface area contributed by atoms with Crippen LogP contribution in [0.5, 0.6) is 0 Å². The summed E-state index contributed by atoms with van der Waals surface area (Å²) >= 11 is 0. The number of nitrogens with zero attached hydrogens (tertiary/aromatic N) is 1. The van der Waals surface area contributed by atoms with Gasteiger partial charge < -0.3 is 16.2 Å². The summed E-state index contributed by atoms with van der Waals surface area (Å²) in [4.78, 5) is 15.2. The second-order valence-electron chi connectivity index (χ2n) is 3.68. The third-order valence-corrected chi connectivity index (χ3v) is 2.12. The molecule has 0 aliphatic heterocycles. The van der Waals surface area contributed by atoms with E-state index in [1.165, 1.54) is 6.08 Å². The molecule has 0 aliphatic carbocycles. The fraction of sp³-hybridized carbons (Fsp3) is 0.231. The highest BCUT2D eigenvalue weighted by atomic mass is 16.5. The normalized spacial score (nSPS) is 10.3. The van der Waals surface area contributed by atoms with Crippen LogP contribution in [0.1, 0.15) is 18.1 Å². The lowest BCUT2D eigenvalue weighted by molar-refractivity contribution is -0.137. The van der Waals surface area contributed by atoms with E-state index in [2.05, 4.69) is 4.99 Å². The number of carbonyl (C=O) groups is 1. The summed E-state index contributed by atoms with van der Waals surface area (Å²) in [5, 5.41) is 0. The molecule has 0 amide bonds. The monoisotopic (exact) mass is 247 g/mol. The first-order valence-corrected chi connectivity index (χ1v) is 5.58. The van der Waals surface area contributed by atoms with Crippen molar-refractivity contribution in [2.24, 2.45) is 16.5 Å². The molecule has 0 aliphatic rings. The molecule has 1 aromatic rings.